The number of fused-ring (bicyclic) bond motifs is 1. The molecule has 0 spiro atoms. The minimum Gasteiger partial charge on any atom is -0.460 e. The zero-order valence-electron chi connectivity index (χ0n) is 19.5. The standard InChI is InChI=1S/C24H25N9O2/c1-3-15(20-10-8-14(2)35-20)26-12-19(34)22-18(33(32-31-22)24-23(25)27-13-28-24)9-11-21-29-16-6-4-5-7-17(16)30-21/h4-8,10H,3,9,11-13H2,1-2H3,(H2,25,27)(H,29,30). The third-order valence-corrected chi connectivity index (χ3v) is 5.73. The average molecular weight is 472 g/mol. The number of carbonyl (C=O) groups is 1. The van der Waals surface area contributed by atoms with Gasteiger partial charge in [-0.05, 0) is 44.0 Å². The van der Waals surface area contributed by atoms with Crippen molar-refractivity contribution >= 4 is 34.2 Å². The van der Waals surface area contributed by atoms with Gasteiger partial charge in [0, 0.05) is 6.42 Å². The fraction of sp³-hybridized carbons (Fsp3) is 0.292. The van der Waals surface area contributed by atoms with Gasteiger partial charge in [0.2, 0.25) is 5.78 Å². The van der Waals surface area contributed by atoms with Crippen molar-refractivity contribution in [3.63, 3.8) is 0 Å². The van der Waals surface area contributed by atoms with Crippen LogP contribution < -0.4 is 5.73 Å². The van der Waals surface area contributed by atoms with E-state index in [-0.39, 0.29) is 30.5 Å². The normalized spacial score (nSPS) is 13.9. The molecule has 5 rings (SSSR count). The smallest absolute Gasteiger partial charge is 0.206 e. The summed E-state index contributed by atoms with van der Waals surface area (Å²) in [7, 11) is 0. The molecular formula is C24H25N9O2. The van der Waals surface area contributed by atoms with Crippen LogP contribution in [0.25, 0.3) is 11.0 Å². The van der Waals surface area contributed by atoms with Crippen LogP contribution in [0.2, 0.25) is 0 Å². The van der Waals surface area contributed by atoms with Gasteiger partial charge in [-0.3, -0.25) is 9.79 Å². The lowest BCUT2D eigenvalue weighted by Crippen LogP contribution is -2.30. The van der Waals surface area contributed by atoms with Crippen molar-refractivity contribution in [2.24, 2.45) is 20.7 Å². The summed E-state index contributed by atoms with van der Waals surface area (Å²) in [5.74, 6) is 2.65. The molecule has 35 heavy (non-hydrogen) atoms. The Labute approximate surface area is 200 Å². The third-order valence-electron chi connectivity index (χ3n) is 5.73. The summed E-state index contributed by atoms with van der Waals surface area (Å²) in [6, 6.07) is 11.6. The fourth-order valence-electron chi connectivity index (χ4n) is 3.97. The molecule has 3 N–H and O–H groups in total. The molecule has 0 radical (unpaired) electrons. The second-order valence-corrected chi connectivity index (χ2v) is 8.11. The number of nitrogens with one attached hydrogen (secondary N) is 1. The summed E-state index contributed by atoms with van der Waals surface area (Å²) in [5.41, 5.74) is 9.39. The number of carbonyl (C=O) groups excluding carboxylic acids is 1. The van der Waals surface area contributed by atoms with Gasteiger partial charge in [0.15, 0.2) is 17.4 Å². The summed E-state index contributed by atoms with van der Waals surface area (Å²) in [6.45, 7) is 3.99. The number of nitrogens with two attached hydrogens (primary N) is 1. The largest absolute Gasteiger partial charge is 0.460 e. The van der Waals surface area contributed by atoms with E-state index in [0.717, 1.165) is 28.3 Å². The van der Waals surface area contributed by atoms with Gasteiger partial charge in [0.1, 0.15) is 30.6 Å². The molecule has 0 bridgehead atoms. The van der Waals surface area contributed by atoms with Crippen LogP contribution in [-0.2, 0) is 12.8 Å². The number of H-pyrrole nitrogens is 1. The molecule has 0 unspecified atom stereocenters. The number of imidazole rings is 1. The molecule has 11 heteroatoms. The first-order valence-electron chi connectivity index (χ1n) is 11.4. The molecular weight excluding hydrogens is 446 g/mol. The molecule has 0 fully saturated rings. The number of aromatic amines is 1. The number of aliphatic imine (C=N–C) groups is 3. The van der Waals surface area contributed by atoms with Crippen LogP contribution >= 0.6 is 0 Å². The van der Waals surface area contributed by atoms with Crippen molar-refractivity contribution in [1.82, 2.24) is 25.0 Å². The molecule has 1 aliphatic rings. The topological polar surface area (TPSA) is 153 Å². The SMILES string of the molecule is CCC(=NCC(=O)c1nnn(C2=NCN=C2N)c1CCc1nc2ccccc2[nH]1)c1ccc(C)o1. The van der Waals surface area contributed by atoms with Gasteiger partial charge in [-0.25, -0.2) is 15.0 Å². The Morgan fingerprint density at radius 1 is 1.20 bits per heavy atom. The van der Waals surface area contributed by atoms with Crippen LogP contribution in [0.4, 0.5) is 0 Å². The third kappa shape index (κ3) is 4.52. The van der Waals surface area contributed by atoms with E-state index in [9.17, 15) is 4.79 Å². The van der Waals surface area contributed by atoms with Gasteiger partial charge in [-0.15, -0.1) is 5.10 Å². The summed E-state index contributed by atoms with van der Waals surface area (Å²) in [5, 5.41) is 8.37. The predicted octanol–water partition coefficient (Wildman–Crippen LogP) is 2.50. The number of hydrogen-bond acceptors (Lipinski definition) is 9. The highest BCUT2D eigenvalue weighted by atomic mass is 16.3. The van der Waals surface area contributed by atoms with E-state index in [4.69, 9.17) is 10.2 Å². The zero-order valence-corrected chi connectivity index (χ0v) is 19.5. The number of aromatic nitrogens is 5. The van der Waals surface area contributed by atoms with Crippen molar-refractivity contribution in [3.05, 3.63) is 65.1 Å². The molecule has 0 saturated heterocycles. The van der Waals surface area contributed by atoms with Crippen molar-refractivity contribution in [1.29, 1.82) is 0 Å². The van der Waals surface area contributed by atoms with E-state index < -0.39 is 0 Å². The Morgan fingerprint density at radius 2 is 2.06 bits per heavy atom. The molecule has 0 saturated carbocycles. The maximum absolute atomic E-state index is 13.2. The van der Waals surface area contributed by atoms with Gasteiger partial charge in [0.05, 0.1) is 22.4 Å². The maximum atomic E-state index is 13.2. The Bertz CT molecular complexity index is 1450. The monoisotopic (exact) mass is 471 g/mol. The Morgan fingerprint density at radius 3 is 2.77 bits per heavy atom. The van der Waals surface area contributed by atoms with Crippen molar-refractivity contribution < 1.29 is 9.21 Å². The van der Waals surface area contributed by atoms with Crippen molar-refractivity contribution in [3.8, 4) is 0 Å². The number of furan rings is 1. The van der Waals surface area contributed by atoms with Crippen LogP contribution in [0, 0.1) is 6.92 Å². The number of Topliss-reactive ketones (excluding diaryl/α,β-unsaturated/α-hetero) is 1. The molecule has 1 aliphatic heterocycles. The second-order valence-electron chi connectivity index (χ2n) is 8.11. The van der Waals surface area contributed by atoms with Crippen molar-refractivity contribution in [2.75, 3.05) is 13.2 Å². The van der Waals surface area contributed by atoms with Crippen LogP contribution in [0.3, 0.4) is 0 Å². The second kappa shape index (κ2) is 9.45. The first-order chi connectivity index (χ1) is 17.0. The van der Waals surface area contributed by atoms with Crippen molar-refractivity contribution in [2.45, 2.75) is 33.1 Å². The number of benzene rings is 1. The van der Waals surface area contributed by atoms with Gasteiger partial charge < -0.3 is 15.1 Å². The molecule has 4 aromatic rings. The lowest BCUT2D eigenvalue weighted by Gasteiger charge is -2.07. The molecule has 178 valence electrons. The fourth-order valence-corrected chi connectivity index (χ4v) is 3.97. The number of aryl methyl sites for hydroxylation is 2. The van der Waals surface area contributed by atoms with E-state index in [1.807, 2.05) is 50.2 Å². The minimum atomic E-state index is -0.251. The highest BCUT2D eigenvalue weighted by molar-refractivity contribution is 6.41. The summed E-state index contributed by atoms with van der Waals surface area (Å²) in [4.78, 5) is 34.1. The van der Waals surface area contributed by atoms with E-state index in [0.29, 0.717) is 36.6 Å². The van der Waals surface area contributed by atoms with Gasteiger partial charge >= 0.3 is 0 Å². The highest BCUT2D eigenvalue weighted by Gasteiger charge is 2.25. The van der Waals surface area contributed by atoms with Crippen LogP contribution in [0.1, 0.15) is 46.9 Å². The number of amidine groups is 1. The van der Waals surface area contributed by atoms with Gasteiger partial charge in [-0.1, -0.05) is 24.3 Å². The molecule has 0 aliphatic carbocycles. The van der Waals surface area contributed by atoms with Crippen LogP contribution in [0.5, 0.6) is 0 Å². The number of hydrogen-bond donors (Lipinski definition) is 2. The Kier molecular flexibility index (Phi) is 6.04. The summed E-state index contributed by atoms with van der Waals surface area (Å²) >= 11 is 0. The number of para-hydroxylation sites is 2. The molecule has 11 nitrogen and oxygen atoms in total. The number of rotatable bonds is 8. The van der Waals surface area contributed by atoms with E-state index in [2.05, 4.69) is 35.3 Å². The number of nitrogens with zero attached hydrogens (tertiary/aromatic N) is 7. The molecule has 0 atom stereocenters. The van der Waals surface area contributed by atoms with E-state index in [1.165, 1.54) is 4.68 Å². The molecule has 4 heterocycles. The Balaban J connectivity index is 1.42. The zero-order chi connectivity index (χ0) is 24.4. The van der Waals surface area contributed by atoms with Crippen LogP contribution in [-0.4, -0.2) is 61.3 Å². The highest BCUT2D eigenvalue weighted by Crippen LogP contribution is 2.16. The molecule has 3 aromatic heterocycles. The summed E-state index contributed by atoms with van der Waals surface area (Å²) < 4.78 is 7.17. The van der Waals surface area contributed by atoms with Crippen LogP contribution in [0.15, 0.2) is 55.8 Å². The lowest BCUT2D eigenvalue weighted by molar-refractivity contribution is 0.0996. The average Bonchev–Trinajstić information content (AvgIpc) is 3.64. The maximum Gasteiger partial charge on any atom is 0.206 e. The first-order valence-corrected chi connectivity index (χ1v) is 11.4. The number of ketones is 1. The van der Waals surface area contributed by atoms with Gasteiger partial charge in [-0.2, -0.15) is 4.68 Å². The first kappa shape index (κ1) is 22.4. The molecule has 1 aromatic carbocycles. The summed E-state index contributed by atoms with van der Waals surface area (Å²) in [6.07, 6.45) is 1.62. The minimum absolute atomic E-state index is 0.0741. The van der Waals surface area contributed by atoms with E-state index in [1.54, 1.807) is 0 Å². The Hall–Kier alpha value is -4.41. The van der Waals surface area contributed by atoms with E-state index >= 15 is 0 Å². The lowest BCUT2D eigenvalue weighted by atomic mass is 10.1. The predicted molar refractivity (Wildman–Crippen MR) is 132 cm³/mol. The molecule has 0 amide bonds. The quantitative estimate of drug-likeness (QED) is 0.297. The van der Waals surface area contributed by atoms with Gasteiger partial charge in [0.25, 0.3) is 0 Å².